The summed E-state index contributed by atoms with van der Waals surface area (Å²) >= 11 is 0. The van der Waals surface area contributed by atoms with E-state index in [0.29, 0.717) is 26.1 Å². The van der Waals surface area contributed by atoms with Crippen LogP contribution in [0.3, 0.4) is 0 Å². The lowest BCUT2D eigenvalue weighted by Gasteiger charge is -2.23. The van der Waals surface area contributed by atoms with Crippen LogP contribution in [0.2, 0.25) is 0 Å². The fourth-order valence-corrected chi connectivity index (χ4v) is 2.87. The lowest BCUT2D eigenvalue weighted by atomic mass is 10.0. The molecule has 0 aliphatic carbocycles. The second-order valence-electron chi connectivity index (χ2n) is 5.76. The highest BCUT2D eigenvalue weighted by molar-refractivity contribution is 5.78. The zero-order valence-electron chi connectivity index (χ0n) is 14.1. The lowest BCUT2D eigenvalue weighted by Crippen LogP contribution is -2.43. The number of ether oxygens (including phenoxy) is 1. The van der Waals surface area contributed by atoms with E-state index < -0.39 is 0 Å². The highest BCUT2D eigenvalue weighted by atomic mass is 16.5. The Kier molecular flexibility index (Phi) is 6.13. The van der Waals surface area contributed by atoms with Crippen molar-refractivity contribution in [2.24, 2.45) is 7.05 Å². The number of likely N-dealkylation sites (N-methyl/N-ethyl adjacent to an activating group) is 1. The van der Waals surface area contributed by atoms with Gasteiger partial charge >= 0.3 is 0 Å². The van der Waals surface area contributed by atoms with Gasteiger partial charge in [0.25, 0.3) is 0 Å². The maximum Gasteiger partial charge on any atom is 0.236 e. The van der Waals surface area contributed by atoms with Crippen LogP contribution in [0.25, 0.3) is 0 Å². The molecule has 0 radical (unpaired) electrons. The minimum Gasteiger partial charge on any atom is -0.372 e. The van der Waals surface area contributed by atoms with Gasteiger partial charge in [0.05, 0.1) is 25.2 Å². The van der Waals surface area contributed by atoms with Gasteiger partial charge < -0.3 is 15.0 Å². The number of nitriles is 1. The van der Waals surface area contributed by atoms with Crippen LogP contribution in [0.5, 0.6) is 0 Å². The summed E-state index contributed by atoms with van der Waals surface area (Å²) < 4.78 is 7.68. The third-order valence-corrected chi connectivity index (χ3v) is 4.41. The van der Waals surface area contributed by atoms with E-state index in [9.17, 15) is 4.79 Å². The summed E-state index contributed by atoms with van der Waals surface area (Å²) in [6.45, 7) is 6.00. The van der Waals surface area contributed by atoms with Gasteiger partial charge in [-0.15, -0.1) is 0 Å². The normalized spacial score (nSPS) is 20.4. The highest BCUT2D eigenvalue weighted by Crippen LogP contribution is 2.30. The Labute approximate surface area is 137 Å². The Bertz CT molecular complexity index is 578. The van der Waals surface area contributed by atoms with Crippen LogP contribution in [-0.4, -0.2) is 52.9 Å². The highest BCUT2D eigenvalue weighted by Gasteiger charge is 2.32. The molecule has 0 spiro atoms. The Morgan fingerprint density at radius 1 is 1.65 bits per heavy atom. The first-order valence-electron chi connectivity index (χ1n) is 8.06. The summed E-state index contributed by atoms with van der Waals surface area (Å²) in [6.07, 6.45) is 3.01. The second kappa shape index (κ2) is 8.09. The third-order valence-electron chi connectivity index (χ3n) is 4.41. The van der Waals surface area contributed by atoms with Gasteiger partial charge in [0.1, 0.15) is 6.10 Å². The Morgan fingerprint density at radius 3 is 3.04 bits per heavy atom. The quantitative estimate of drug-likeness (QED) is 0.808. The Balaban J connectivity index is 1.93. The van der Waals surface area contributed by atoms with Gasteiger partial charge in [0.15, 0.2) is 0 Å². The van der Waals surface area contributed by atoms with Gasteiger partial charge in [-0.2, -0.15) is 10.4 Å². The summed E-state index contributed by atoms with van der Waals surface area (Å²) in [6, 6.07) is 2.19. The average molecular weight is 319 g/mol. The van der Waals surface area contributed by atoms with Crippen molar-refractivity contribution in [3.8, 4) is 6.07 Å². The summed E-state index contributed by atoms with van der Waals surface area (Å²) in [5, 5.41) is 16.2. The van der Waals surface area contributed by atoms with Gasteiger partial charge in [-0.25, -0.2) is 0 Å². The van der Waals surface area contributed by atoms with Crippen molar-refractivity contribution in [3.63, 3.8) is 0 Å². The monoisotopic (exact) mass is 319 g/mol. The minimum absolute atomic E-state index is 0.0244. The van der Waals surface area contributed by atoms with Crippen molar-refractivity contribution in [1.82, 2.24) is 20.0 Å². The van der Waals surface area contributed by atoms with Crippen LogP contribution in [0.1, 0.15) is 37.1 Å². The molecule has 2 heterocycles. The summed E-state index contributed by atoms with van der Waals surface area (Å²) in [4.78, 5) is 14.0. The van der Waals surface area contributed by atoms with E-state index in [1.54, 1.807) is 4.90 Å². The zero-order chi connectivity index (χ0) is 16.8. The molecule has 1 fully saturated rings. The molecular weight excluding hydrogens is 294 g/mol. The number of amides is 1. The van der Waals surface area contributed by atoms with Crippen molar-refractivity contribution in [3.05, 3.63) is 17.5 Å². The first kappa shape index (κ1) is 17.4. The van der Waals surface area contributed by atoms with E-state index in [0.717, 1.165) is 17.7 Å². The predicted molar refractivity (Wildman–Crippen MR) is 85.5 cm³/mol. The first-order valence-corrected chi connectivity index (χ1v) is 8.06. The molecule has 1 aromatic rings. The Hall–Kier alpha value is -1.91. The molecule has 1 aliphatic rings. The van der Waals surface area contributed by atoms with Crippen LogP contribution in [-0.2, 0) is 16.6 Å². The van der Waals surface area contributed by atoms with Gasteiger partial charge in [-0.3, -0.25) is 9.48 Å². The molecule has 7 heteroatoms. The van der Waals surface area contributed by atoms with Crippen molar-refractivity contribution >= 4 is 5.91 Å². The van der Waals surface area contributed by atoms with Crippen molar-refractivity contribution in [2.75, 3.05) is 26.2 Å². The number of hydrogen-bond donors (Lipinski definition) is 1. The number of rotatable bonds is 7. The molecule has 23 heavy (non-hydrogen) atoms. The summed E-state index contributed by atoms with van der Waals surface area (Å²) in [5.41, 5.74) is 2.16. The fraction of sp³-hybridized carbons (Fsp3) is 0.688. The SMILES string of the molecule is CCN(CCC#N)C(=O)CN[C@H]1CCO[C@@H]1c1cnn(C)c1C. The molecule has 1 amide bonds. The third kappa shape index (κ3) is 4.09. The van der Waals surface area contributed by atoms with Crippen LogP contribution in [0.15, 0.2) is 6.20 Å². The van der Waals surface area contributed by atoms with Gasteiger partial charge in [0, 0.05) is 44.0 Å². The van der Waals surface area contributed by atoms with Crippen LogP contribution >= 0.6 is 0 Å². The smallest absolute Gasteiger partial charge is 0.236 e. The molecule has 2 rings (SSSR count). The molecule has 0 aromatic carbocycles. The molecule has 1 N–H and O–H groups in total. The molecule has 1 aromatic heterocycles. The largest absolute Gasteiger partial charge is 0.372 e. The van der Waals surface area contributed by atoms with Crippen LogP contribution in [0, 0.1) is 18.3 Å². The number of aryl methyl sites for hydroxylation is 1. The molecule has 126 valence electrons. The van der Waals surface area contributed by atoms with Gasteiger partial charge in [-0.05, 0) is 20.3 Å². The second-order valence-corrected chi connectivity index (χ2v) is 5.76. The molecular formula is C16H25N5O2. The number of carbonyl (C=O) groups excluding carboxylic acids is 1. The molecule has 1 aliphatic heterocycles. The van der Waals surface area contributed by atoms with Crippen molar-refractivity contribution in [2.45, 2.75) is 38.8 Å². The zero-order valence-corrected chi connectivity index (χ0v) is 14.1. The number of hydrogen-bond acceptors (Lipinski definition) is 5. The van der Waals surface area contributed by atoms with Crippen molar-refractivity contribution in [1.29, 1.82) is 5.26 Å². The van der Waals surface area contributed by atoms with E-state index in [1.165, 1.54) is 0 Å². The summed E-state index contributed by atoms with van der Waals surface area (Å²) in [7, 11) is 1.91. The topological polar surface area (TPSA) is 83.2 Å². The summed E-state index contributed by atoms with van der Waals surface area (Å²) in [5.74, 6) is 0.0244. The molecule has 0 saturated carbocycles. The predicted octanol–water partition coefficient (Wildman–Crippen LogP) is 0.910. The number of nitrogens with zero attached hydrogens (tertiary/aromatic N) is 4. The minimum atomic E-state index is -0.0642. The fourth-order valence-electron chi connectivity index (χ4n) is 2.87. The standard InChI is InChI=1S/C16H25N5O2/c1-4-21(8-5-7-17)15(22)11-18-14-6-9-23-16(14)13-10-19-20(3)12(13)2/h10,14,16,18H,4-6,8-9,11H2,1-3H3/t14-,16+/m0/s1. The van der Waals surface area contributed by atoms with E-state index >= 15 is 0 Å². The van der Waals surface area contributed by atoms with Crippen molar-refractivity contribution < 1.29 is 9.53 Å². The first-order chi connectivity index (χ1) is 11.1. The Morgan fingerprint density at radius 2 is 2.43 bits per heavy atom. The number of carbonyl (C=O) groups is 1. The van der Waals surface area contributed by atoms with Gasteiger partial charge in [-0.1, -0.05) is 0 Å². The van der Waals surface area contributed by atoms with Crippen LogP contribution < -0.4 is 5.32 Å². The number of aromatic nitrogens is 2. The van der Waals surface area contributed by atoms with E-state index in [1.807, 2.05) is 31.8 Å². The lowest BCUT2D eigenvalue weighted by molar-refractivity contribution is -0.130. The molecule has 7 nitrogen and oxygen atoms in total. The maximum atomic E-state index is 12.2. The molecule has 0 bridgehead atoms. The van der Waals surface area contributed by atoms with E-state index in [-0.39, 0.29) is 24.6 Å². The van der Waals surface area contributed by atoms with Crippen LogP contribution in [0.4, 0.5) is 0 Å². The van der Waals surface area contributed by atoms with E-state index in [4.69, 9.17) is 10.00 Å². The molecule has 2 atom stereocenters. The molecule has 1 saturated heterocycles. The molecule has 0 unspecified atom stereocenters. The van der Waals surface area contributed by atoms with E-state index in [2.05, 4.69) is 16.5 Å². The maximum absolute atomic E-state index is 12.2. The number of nitrogens with one attached hydrogen (secondary N) is 1. The average Bonchev–Trinajstić information content (AvgIpc) is 3.13. The van der Waals surface area contributed by atoms with Gasteiger partial charge in [0.2, 0.25) is 5.91 Å².